The number of nitrogens with one attached hydrogen (secondary N) is 1. The van der Waals surface area contributed by atoms with Gasteiger partial charge in [0.25, 0.3) is 0 Å². The predicted molar refractivity (Wildman–Crippen MR) is 68.1 cm³/mol. The van der Waals surface area contributed by atoms with Gasteiger partial charge in [-0.1, -0.05) is 18.2 Å². The highest BCUT2D eigenvalue weighted by atomic mass is 16.5. The molecule has 0 spiro atoms. The van der Waals surface area contributed by atoms with E-state index < -0.39 is 0 Å². The number of aromatic amines is 1. The number of para-hydroxylation sites is 1. The van der Waals surface area contributed by atoms with Crippen LogP contribution in [0.2, 0.25) is 0 Å². The van der Waals surface area contributed by atoms with E-state index >= 15 is 0 Å². The molecule has 0 unspecified atom stereocenters. The second-order valence-corrected chi connectivity index (χ2v) is 4.65. The summed E-state index contributed by atoms with van der Waals surface area (Å²) in [5.41, 5.74) is 2.13. The van der Waals surface area contributed by atoms with E-state index in [1.54, 1.807) is 0 Å². The molecule has 0 aliphatic heterocycles. The van der Waals surface area contributed by atoms with Gasteiger partial charge in [0.2, 0.25) is 11.3 Å². The molecule has 1 aliphatic carbocycles. The Kier molecular flexibility index (Phi) is 2.63. The Balaban J connectivity index is 1.99. The number of aryl methyl sites for hydroxylation is 1. The summed E-state index contributed by atoms with van der Waals surface area (Å²) in [6.07, 6.45) is 3.65. The fourth-order valence-electron chi connectivity index (χ4n) is 2.05. The van der Waals surface area contributed by atoms with E-state index in [0.717, 1.165) is 11.3 Å². The van der Waals surface area contributed by atoms with Crippen LogP contribution in [0.25, 0.3) is 0 Å². The Morgan fingerprint density at radius 3 is 2.94 bits per heavy atom. The third-order valence-corrected chi connectivity index (χ3v) is 3.11. The molecule has 0 atom stereocenters. The predicted octanol–water partition coefficient (Wildman–Crippen LogP) is 2.75. The van der Waals surface area contributed by atoms with Crippen LogP contribution in [0.5, 0.6) is 11.6 Å². The lowest BCUT2D eigenvalue weighted by Crippen LogP contribution is -2.03. The molecule has 1 N–H and O–H groups in total. The highest BCUT2D eigenvalue weighted by Gasteiger charge is 2.27. The molecule has 18 heavy (non-hydrogen) atoms. The van der Waals surface area contributed by atoms with Crippen molar-refractivity contribution < 1.29 is 4.74 Å². The van der Waals surface area contributed by atoms with Gasteiger partial charge in [0.1, 0.15) is 5.75 Å². The lowest BCUT2D eigenvalue weighted by Gasteiger charge is -2.12. The van der Waals surface area contributed by atoms with Crippen LogP contribution in [0.15, 0.2) is 35.3 Å². The summed E-state index contributed by atoms with van der Waals surface area (Å²) >= 11 is 0. The summed E-state index contributed by atoms with van der Waals surface area (Å²) in [6, 6.07) is 7.56. The van der Waals surface area contributed by atoms with E-state index in [1.807, 2.05) is 19.1 Å². The molecule has 1 saturated carbocycles. The van der Waals surface area contributed by atoms with Gasteiger partial charge in [0, 0.05) is 6.07 Å². The maximum Gasteiger partial charge on any atom is 0.217 e. The molecule has 1 fully saturated rings. The first-order valence-corrected chi connectivity index (χ1v) is 6.06. The lowest BCUT2D eigenvalue weighted by atomic mass is 10.1. The smallest absolute Gasteiger partial charge is 0.217 e. The Morgan fingerprint density at radius 1 is 1.39 bits per heavy atom. The Hall–Kier alpha value is -2.10. The first-order chi connectivity index (χ1) is 8.74. The van der Waals surface area contributed by atoms with Gasteiger partial charge >= 0.3 is 0 Å². The van der Waals surface area contributed by atoms with E-state index in [2.05, 4.69) is 16.3 Å². The second-order valence-electron chi connectivity index (χ2n) is 4.65. The fourth-order valence-corrected chi connectivity index (χ4v) is 2.05. The molecule has 4 heteroatoms. The van der Waals surface area contributed by atoms with Gasteiger partial charge in [-0.3, -0.25) is 4.79 Å². The Labute approximate surface area is 105 Å². The van der Waals surface area contributed by atoms with Crippen LogP contribution in [0.3, 0.4) is 0 Å². The van der Waals surface area contributed by atoms with Crippen LogP contribution in [0.4, 0.5) is 0 Å². The van der Waals surface area contributed by atoms with Crippen molar-refractivity contribution >= 4 is 0 Å². The van der Waals surface area contributed by atoms with Gasteiger partial charge in [-0.15, -0.1) is 0 Å². The zero-order valence-corrected chi connectivity index (χ0v) is 10.1. The minimum Gasteiger partial charge on any atom is -0.439 e. The molecule has 0 saturated heterocycles. The van der Waals surface area contributed by atoms with Crippen LogP contribution >= 0.6 is 0 Å². The summed E-state index contributed by atoms with van der Waals surface area (Å²) in [5, 5.41) is 6.44. The van der Waals surface area contributed by atoms with Crippen LogP contribution in [0, 0.1) is 6.92 Å². The number of rotatable bonds is 3. The number of H-pyrrole nitrogens is 1. The van der Waals surface area contributed by atoms with Crippen molar-refractivity contribution in [3.8, 4) is 11.6 Å². The van der Waals surface area contributed by atoms with E-state index in [1.165, 1.54) is 30.7 Å². The largest absolute Gasteiger partial charge is 0.439 e. The molecule has 1 aromatic heterocycles. The molecule has 92 valence electrons. The molecule has 0 amide bonds. The maximum absolute atomic E-state index is 11.2. The second kappa shape index (κ2) is 4.29. The van der Waals surface area contributed by atoms with Crippen LogP contribution in [0.1, 0.15) is 29.9 Å². The van der Waals surface area contributed by atoms with E-state index in [4.69, 9.17) is 4.74 Å². The first-order valence-electron chi connectivity index (χ1n) is 6.06. The minimum atomic E-state index is -0.162. The number of benzene rings is 1. The van der Waals surface area contributed by atoms with Crippen molar-refractivity contribution in [2.75, 3.05) is 0 Å². The van der Waals surface area contributed by atoms with Crippen molar-refractivity contribution in [3.05, 3.63) is 51.8 Å². The van der Waals surface area contributed by atoms with Crippen LogP contribution in [-0.4, -0.2) is 10.2 Å². The van der Waals surface area contributed by atoms with E-state index in [0.29, 0.717) is 11.8 Å². The average molecular weight is 242 g/mol. The molecule has 1 heterocycles. The van der Waals surface area contributed by atoms with Crippen molar-refractivity contribution in [1.29, 1.82) is 0 Å². The first kappa shape index (κ1) is 11.0. The molecule has 1 aliphatic rings. The van der Waals surface area contributed by atoms with Crippen LogP contribution < -0.4 is 10.2 Å². The van der Waals surface area contributed by atoms with Crippen LogP contribution in [-0.2, 0) is 0 Å². The Bertz CT molecular complexity index is 630. The normalized spacial score (nSPS) is 14.5. The van der Waals surface area contributed by atoms with Gasteiger partial charge < -0.3 is 4.74 Å². The average Bonchev–Trinajstić information content (AvgIpc) is 3.16. The minimum absolute atomic E-state index is 0.162. The standard InChI is InChI=1S/C14H14N2O2/c1-9-3-2-4-12(10-5-6-10)14(9)18-13-7-11(17)8-15-16-13/h2-4,7-8,10H,5-6H2,1H3,(H,16,17). The zero-order valence-electron chi connectivity index (χ0n) is 10.1. The molecule has 3 rings (SSSR count). The summed E-state index contributed by atoms with van der Waals surface area (Å²) in [7, 11) is 0. The SMILES string of the molecule is Cc1cccc(C2CC2)c1Oc1cc(=O)cn[nH]1. The van der Waals surface area contributed by atoms with E-state index in [-0.39, 0.29) is 5.43 Å². The third-order valence-electron chi connectivity index (χ3n) is 3.11. The molecule has 0 bridgehead atoms. The van der Waals surface area contributed by atoms with Gasteiger partial charge in [-0.2, -0.15) is 5.10 Å². The molecule has 0 radical (unpaired) electrons. The summed E-state index contributed by atoms with van der Waals surface area (Å²) < 4.78 is 5.80. The monoisotopic (exact) mass is 242 g/mol. The number of hydrogen-bond acceptors (Lipinski definition) is 3. The molecular formula is C14H14N2O2. The lowest BCUT2D eigenvalue weighted by molar-refractivity contribution is 0.445. The van der Waals surface area contributed by atoms with E-state index in [9.17, 15) is 4.79 Å². The van der Waals surface area contributed by atoms with Crippen molar-refractivity contribution in [2.24, 2.45) is 0 Å². The van der Waals surface area contributed by atoms with Gasteiger partial charge in [-0.25, -0.2) is 5.10 Å². The number of ether oxygens (including phenoxy) is 1. The number of hydrogen-bond donors (Lipinski definition) is 1. The molecule has 2 aromatic rings. The molecular weight excluding hydrogens is 228 g/mol. The highest BCUT2D eigenvalue weighted by molar-refractivity contribution is 5.46. The summed E-state index contributed by atoms with van der Waals surface area (Å²) in [4.78, 5) is 11.2. The van der Waals surface area contributed by atoms with Gasteiger partial charge in [0.05, 0.1) is 6.20 Å². The quantitative estimate of drug-likeness (QED) is 0.900. The van der Waals surface area contributed by atoms with Crippen molar-refractivity contribution in [2.45, 2.75) is 25.7 Å². The number of nitrogens with zero attached hydrogens (tertiary/aromatic N) is 1. The highest BCUT2D eigenvalue weighted by Crippen LogP contribution is 2.45. The topological polar surface area (TPSA) is 55.0 Å². The molecule has 4 nitrogen and oxygen atoms in total. The Morgan fingerprint density at radius 2 is 2.22 bits per heavy atom. The van der Waals surface area contributed by atoms with Gasteiger partial charge in [0.15, 0.2) is 0 Å². The summed E-state index contributed by atoms with van der Waals surface area (Å²) in [6.45, 7) is 2.01. The zero-order chi connectivity index (χ0) is 12.5. The van der Waals surface area contributed by atoms with Crippen molar-refractivity contribution in [1.82, 2.24) is 10.2 Å². The van der Waals surface area contributed by atoms with Gasteiger partial charge in [-0.05, 0) is 36.8 Å². The maximum atomic E-state index is 11.2. The fraction of sp³-hybridized carbons (Fsp3) is 0.286. The third kappa shape index (κ3) is 2.14. The summed E-state index contributed by atoms with van der Waals surface area (Å²) in [5.74, 6) is 1.84. The van der Waals surface area contributed by atoms with Crippen molar-refractivity contribution in [3.63, 3.8) is 0 Å². The molecule has 1 aromatic carbocycles. The number of aromatic nitrogens is 2.